The van der Waals surface area contributed by atoms with Crippen LogP contribution in [-0.2, 0) is 0 Å². The summed E-state index contributed by atoms with van der Waals surface area (Å²) in [7, 11) is 0. The van der Waals surface area contributed by atoms with Gasteiger partial charge in [-0.2, -0.15) is 5.26 Å². The van der Waals surface area contributed by atoms with E-state index in [0.717, 1.165) is 43.3 Å². The predicted molar refractivity (Wildman–Crippen MR) is 67.6 cm³/mol. The van der Waals surface area contributed by atoms with Gasteiger partial charge in [0, 0.05) is 17.7 Å². The smallest absolute Gasteiger partial charge is 0.162 e. The maximum atomic E-state index is 8.46. The number of fused-ring (bicyclic) bond motifs is 1. The van der Waals surface area contributed by atoms with Crippen molar-refractivity contribution in [2.45, 2.75) is 24.2 Å². The molecule has 3 nitrogen and oxygen atoms in total. The van der Waals surface area contributed by atoms with Crippen LogP contribution in [0.15, 0.2) is 23.1 Å². The average Bonchev–Trinajstić information content (AvgIpc) is 2.59. The zero-order chi connectivity index (χ0) is 11.9. The van der Waals surface area contributed by atoms with E-state index < -0.39 is 0 Å². The summed E-state index contributed by atoms with van der Waals surface area (Å²) >= 11 is 1.75. The van der Waals surface area contributed by atoms with E-state index >= 15 is 0 Å². The first-order valence-corrected chi connectivity index (χ1v) is 6.78. The van der Waals surface area contributed by atoms with Crippen LogP contribution in [-0.4, -0.2) is 19.0 Å². The first kappa shape index (κ1) is 12.1. The molecule has 1 aliphatic rings. The number of unbranched alkanes of at least 4 members (excludes halogenated alkanes) is 1. The van der Waals surface area contributed by atoms with Gasteiger partial charge in [-0.05, 0) is 30.4 Å². The second kappa shape index (κ2) is 6.41. The van der Waals surface area contributed by atoms with E-state index in [1.165, 1.54) is 4.90 Å². The van der Waals surface area contributed by atoms with Crippen molar-refractivity contribution in [1.82, 2.24) is 0 Å². The minimum absolute atomic E-state index is 0.623. The Balaban J connectivity index is 1.95. The summed E-state index contributed by atoms with van der Waals surface area (Å²) in [6.45, 7) is 1.44. The second-order valence-corrected chi connectivity index (χ2v) is 4.94. The van der Waals surface area contributed by atoms with E-state index in [9.17, 15) is 0 Å². The third-order valence-electron chi connectivity index (χ3n) is 2.42. The normalized spacial score (nSPS) is 13.8. The van der Waals surface area contributed by atoms with E-state index in [1.807, 2.05) is 18.2 Å². The van der Waals surface area contributed by atoms with Crippen molar-refractivity contribution in [2.75, 3.05) is 19.0 Å². The predicted octanol–water partition coefficient (Wildman–Crippen LogP) is 3.24. The highest BCUT2D eigenvalue weighted by Crippen LogP contribution is 2.34. The largest absolute Gasteiger partial charge is 0.490 e. The summed E-state index contributed by atoms with van der Waals surface area (Å²) in [4.78, 5) is 1.17. The van der Waals surface area contributed by atoms with Crippen molar-refractivity contribution in [3.05, 3.63) is 18.2 Å². The van der Waals surface area contributed by atoms with Crippen LogP contribution in [0.25, 0.3) is 0 Å². The minimum atomic E-state index is 0.623. The second-order valence-electron chi connectivity index (χ2n) is 3.77. The fourth-order valence-corrected chi connectivity index (χ4v) is 2.45. The molecule has 0 amide bonds. The molecule has 1 aromatic carbocycles. The van der Waals surface area contributed by atoms with Gasteiger partial charge in [0.15, 0.2) is 11.5 Å². The summed E-state index contributed by atoms with van der Waals surface area (Å²) in [5.74, 6) is 2.64. The maximum absolute atomic E-state index is 8.46. The molecule has 1 aliphatic heterocycles. The molecule has 0 unspecified atom stereocenters. The highest BCUT2D eigenvalue weighted by molar-refractivity contribution is 7.99. The lowest BCUT2D eigenvalue weighted by Gasteiger charge is -2.08. The maximum Gasteiger partial charge on any atom is 0.162 e. The highest BCUT2D eigenvalue weighted by atomic mass is 32.2. The first-order valence-electron chi connectivity index (χ1n) is 5.79. The molecule has 0 atom stereocenters. The molecular formula is C13H15NO2S. The summed E-state index contributed by atoms with van der Waals surface area (Å²) in [6, 6.07) is 8.19. The zero-order valence-corrected chi connectivity index (χ0v) is 10.5. The number of nitrogens with zero attached hydrogens (tertiary/aromatic N) is 1. The summed E-state index contributed by atoms with van der Waals surface area (Å²) in [5, 5.41) is 8.46. The lowest BCUT2D eigenvalue weighted by Crippen LogP contribution is -1.97. The van der Waals surface area contributed by atoms with Crippen LogP contribution in [0.2, 0.25) is 0 Å². The van der Waals surface area contributed by atoms with Crippen molar-refractivity contribution in [3.63, 3.8) is 0 Å². The van der Waals surface area contributed by atoms with Gasteiger partial charge in [-0.25, -0.2) is 0 Å². The molecule has 0 bridgehead atoms. The third kappa shape index (κ3) is 3.57. The highest BCUT2D eigenvalue weighted by Gasteiger charge is 2.10. The Morgan fingerprint density at radius 1 is 1.24 bits per heavy atom. The number of hydrogen-bond acceptors (Lipinski definition) is 4. The molecule has 0 saturated carbocycles. The van der Waals surface area contributed by atoms with Gasteiger partial charge in [-0.1, -0.05) is 0 Å². The van der Waals surface area contributed by atoms with Gasteiger partial charge >= 0.3 is 0 Å². The first-order chi connectivity index (χ1) is 8.40. The Hall–Kier alpha value is -1.34. The average molecular weight is 249 g/mol. The summed E-state index contributed by atoms with van der Waals surface area (Å²) in [6.07, 6.45) is 2.48. The van der Waals surface area contributed by atoms with Crippen molar-refractivity contribution in [1.29, 1.82) is 5.26 Å². The molecule has 0 saturated heterocycles. The minimum Gasteiger partial charge on any atom is -0.490 e. The molecule has 0 radical (unpaired) electrons. The van der Waals surface area contributed by atoms with Gasteiger partial charge in [-0.3, -0.25) is 0 Å². The molecule has 1 aromatic rings. The van der Waals surface area contributed by atoms with E-state index in [2.05, 4.69) is 6.07 Å². The van der Waals surface area contributed by atoms with Gasteiger partial charge in [-0.15, -0.1) is 11.8 Å². The topological polar surface area (TPSA) is 42.2 Å². The van der Waals surface area contributed by atoms with E-state index in [-0.39, 0.29) is 0 Å². The molecule has 17 heavy (non-hydrogen) atoms. The zero-order valence-electron chi connectivity index (χ0n) is 9.65. The van der Waals surface area contributed by atoms with Crippen LogP contribution in [0.3, 0.4) is 0 Å². The summed E-state index contributed by atoms with van der Waals surface area (Å²) < 4.78 is 11.2. The van der Waals surface area contributed by atoms with E-state index in [4.69, 9.17) is 14.7 Å². The van der Waals surface area contributed by atoms with E-state index in [0.29, 0.717) is 6.42 Å². The molecular weight excluding hydrogens is 234 g/mol. The van der Waals surface area contributed by atoms with Gasteiger partial charge in [0.05, 0.1) is 19.3 Å². The molecule has 0 fully saturated rings. The van der Waals surface area contributed by atoms with Crippen molar-refractivity contribution in [3.8, 4) is 17.6 Å². The number of nitriles is 1. The molecule has 0 spiro atoms. The summed E-state index contributed by atoms with van der Waals surface area (Å²) in [5.41, 5.74) is 0. The Labute approximate surface area is 106 Å². The van der Waals surface area contributed by atoms with Crippen molar-refractivity contribution in [2.24, 2.45) is 0 Å². The fourth-order valence-electron chi connectivity index (χ4n) is 1.57. The van der Waals surface area contributed by atoms with Crippen LogP contribution < -0.4 is 9.47 Å². The Morgan fingerprint density at radius 2 is 2.06 bits per heavy atom. The van der Waals surface area contributed by atoms with Crippen LogP contribution in [0.4, 0.5) is 0 Å². The van der Waals surface area contributed by atoms with Gasteiger partial charge in [0.1, 0.15) is 0 Å². The lowest BCUT2D eigenvalue weighted by atomic mass is 10.3. The van der Waals surface area contributed by atoms with Gasteiger partial charge in [0.25, 0.3) is 0 Å². The van der Waals surface area contributed by atoms with Crippen LogP contribution >= 0.6 is 11.8 Å². The van der Waals surface area contributed by atoms with Crippen molar-refractivity contribution < 1.29 is 9.47 Å². The van der Waals surface area contributed by atoms with Crippen LogP contribution in [0, 0.1) is 11.3 Å². The molecule has 0 aliphatic carbocycles. The number of hydrogen-bond donors (Lipinski definition) is 0. The Morgan fingerprint density at radius 3 is 2.88 bits per heavy atom. The molecule has 1 heterocycles. The SMILES string of the molecule is N#CCCCSc1ccc2c(c1)OCCCO2. The Bertz CT molecular complexity index is 414. The number of thioether (sulfide) groups is 1. The van der Waals surface area contributed by atoms with Crippen LogP contribution in [0.5, 0.6) is 11.5 Å². The number of rotatable bonds is 4. The molecule has 2 rings (SSSR count). The van der Waals surface area contributed by atoms with E-state index in [1.54, 1.807) is 11.8 Å². The lowest BCUT2D eigenvalue weighted by molar-refractivity contribution is 0.297. The van der Waals surface area contributed by atoms with Crippen LogP contribution in [0.1, 0.15) is 19.3 Å². The van der Waals surface area contributed by atoms with Gasteiger partial charge < -0.3 is 9.47 Å². The molecule has 90 valence electrons. The molecule has 4 heteroatoms. The number of benzene rings is 1. The standard InChI is InChI=1S/C13H15NO2S/c14-6-1-2-9-17-11-4-5-12-13(10-11)16-8-3-7-15-12/h4-5,10H,1-3,7-9H2. The number of ether oxygens (including phenoxy) is 2. The fraction of sp³-hybridized carbons (Fsp3) is 0.462. The van der Waals surface area contributed by atoms with Gasteiger partial charge in [0.2, 0.25) is 0 Å². The van der Waals surface area contributed by atoms with Crippen molar-refractivity contribution >= 4 is 11.8 Å². The molecule has 0 N–H and O–H groups in total. The quantitative estimate of drug-likeness (QED) is 0.607. The third-order valence-corrected chi connectivity index (χ3v) is 3.50. The Kier molecular flexibility index (Phi) is 4.57. The monoisotopic (exact) mass is 249 g/mol. The molecule has 0 aromatic heterocycles.